The van der Waals surface area contributed by atoms with Gasteiger partial charge >= 0.3 is 0 Å². The van der Waals surface area contributed by atoms with Crippen molar-refractivity contribution in [2.45, 2.75) is 6.92 Å². The minimum atomic E-state index is -0.358. The van der Waals surface area contributed by atoms with E-state index in [4.69, 9.17) is 0 Å². The third-order valence-electron chi connectivity index (χ3n) is 1.22. The van der Waals surface area contributed by atoms with E-state index >= 15 is 0 Å². The van der Waals surface area contributed by atoms with Crippen molar-refractivity contribution < 1.29 is 11.0 Å². The lowest BCUT2D eigenvalue weighted by Crippen LogP contribution is -2.22. The van der Waals surface area contributed by atoms with E-state index in [1.807, 2.05) is 0 Å². The number of amides is 2. The van der Waals surface area contributed by atoms with E-state index in [-0.39, 0.29) is 13.2 Å². The van der Waals surface area contributed by atoms with Crippen molar-refractivity contribution in [2.75, 3.05) is 0 Å². The number of hydrogen-bond donors (Lipinski definition) is 1. The molecule has 0 unspecified atom stereocenters. The lowest BCUT2D eigenvalue weighted by Gasteiger charge is -1.93. The average molecular weight is 139 g/mol. The van der Waals surface area contributed by atoms with E-state index in [0.29, 0.717) is 11.1 Å². The molecule has 3 nitrogen and oxygen atoms in total. The Balaban J connectivity index is 0.000001000. The predicted octanol–water partition coefficient (Wildman–Crippen LogP) is 0.391. The Kier molecular flexibility index (Phi) is 1.41. The topological polar surface area (TPSA) is 46.2 Å². The first kappa shape index (κ1) is 6.74. The molecule has 0 radical (unpaired) electrons. The first-order valence-electron chi connectivity index (χ1n) is 2.84. The minimum absolute atomic E-state index is 0. The lowest BCUT2D eigenvalue weighted by molar-refractivity contribution is -0.123. The van der Waals surface area contributed by atoms with Gasteiger partial charge in [-0.15, -0.1) is 0 Å². The van der Waals surface area contributed by atoms with Crippen LogP contribution in [0.2, 0.25) is 0 Å². The standard InChI is InChI=1S/C7H7NO2.H2/c1-4(2)5-3-6(9)8-7(5)10;/h3H,1H2,2H3,(H,8,9,10);1H. The summed E-state index contributed by atoms with van der Waals surface area (Å²) < 4.78 is 0. The molecular weight excluding hydrogens is 130 g/mol. The third kappa shape index (κ3) is 0.978. The molecule has 0 aromatic rings. The fourth-order valence-electron chi connectivity index (χ4n) is 0.729. The van der Waals surface area contributed by atoms with Gasteiger partial charge in [0.15, 0.2) is 0 Å². The molecular formula is C7H9NO2. The van der Waals surface area contributed by atoms with Gasteiger partial charge in [0.25, 0.3) is 11.8 Å². The van der Waals surface area contributed by atoms with Crippen molar-refractivity contribution in [3.8, 4) is 0 Å². The number of nitrogens with one attached hydrogen (secondary N) is 1. The molecule has 54 valence electrons. The molecule has 1 heterocycles. The summed E-state index contributed by atoms with van der Waals surface area (Å²) in [5, 5.41) is 2.12. The van der Waals surface area contributed by atoms with Crippen LogP contribution in [0.3, 0.4) is 0 Å². The average Bonchev–Trinajstić information content (AvgIpc) is 2.10. The van der Waals surface area contributed by atoms with Crippen molar-refractivity contribution in [1.82, 2.24) is 5.32 Å². The molecule has 0 aliphatic carbocycles. The Morgan fingerprint density at radius 3 is 2.50 bits per heavy atom. The molecule has 0 atom stereocenters. The third-order valence-corrected chi connectivity index (χ3v) is 1.22. The summed E-state index contributed by atoms with van der Waals surface area (Å²) in [7, 11) is 0. The molecule has 0 saturated heterocycles. The maximum Gasteiger partial charge on any atom is 0.258 e. The van der Waals surface area contributed by atoms with Crippen LogP contribution in [0.15, 0.2) is 23.8 Å². The van der Waals surface area contributed by atoms with Gasteiger partial charge in [-0.25, -0.2) is 0 Å². The first-order chi connectivity index (χ1) is 4.61. The highest BCUT2D eigenvalue weighted by molar-refractivity contribution is 6.18. The van der Waals surface area contributed by atoms with Crippen LogP contribution < -0.4 is 5.32 Å². The van der Waals surface area contributed by atoms with Gasteiger partial charge in [-0.3, -0.25) is 14.9 Å². The van der Waals surface area contributed by atoms with E-state index < -0.39 is 0 Å². The molecule has 1 aliphatic rings. The Hall–Kier alpha value is -1.38. The van der Waals surface area contributed by atoms with Crippen LogP contribution in [0, 0.1) is 0 Å². The molecule has 0 fully saturated rings. The quantitative estimate of drug-likeness (QED) is 0.534. The van der Waals surface area contributed by atoms with Gasteiger partial charge in [-0.1, -0.05) is 6.58 Å². The second kappa shape index (κ2) is 2.10. The maximum atomic E-state index is 10.8. The number of carbonyl (C=O) groups is 2. The SMILES string of the molecule is C=C(C)C1=CC(=O)NC1=O.[HH]. The molecule has 0 saturated carbocycles. The van der Waals surface area contributed by atoms with Crippen molar-refractivity contribution in [3.63, 3.8) is 0 Å². The summed E-state index contributed by atoms with van der Waals surface area (Å²) in [5.74, 6) is -0.708. The highest BCUT2D eigenvalue weighted by Crippen LogP contribution is 2.10. The fourth-order valence-corrected chi connectivity index (χ4v) is 0.729. The molecule has 0 aromatic carbocycles. The van der Waals surface area contributed by atoms with Crippen molar-refractivity contribution in [1.29, 1.82) is 0 Å². The Bertz CT molecular complexity index is 255. The monoisotopic (exact) mass is 139 g/mol. The molecule has 10 heavy (non-hydrogen) atoms. The molecule has 1 N–H and O–H groups in total. The van der Waals surface area contributed by atoms with Gasteiger partial charge in [-0.05, 0) is 12.5 Å². The van der Waals surface area contributed by atoms with E-state index in [0.717, 1.165) is 0 Å². The van der Waals surface area contributed by atoms with Crippen LogP contribution in [0.5, 0.6) is 0 Å². The Morgan fingerprint density at radius 2 is 2.30 bits per heavy atom. The fraction of sp³-hybridized carbons (Fsp3) is 0.143. The summed E-state index contributed by atoms with van der Waals surface area (Å²) in [6.45, 7) is 5.23. The number of carbonyl (C=O) groups excluding carboxylic acids is 2. The van der Waals surface area contributed by atoms with E-state index in [2.05, 4.69) is 11.9 Å². The molecule has 3 heteroatoms. The normalized spacial score (nSPS) is 16.7. The Labute approximate surface area is 59.9 Å². The Morgan fingerprint density at radius 1 is 1.70 bits per heavy atom. The molecule has 1 aliphatic heterocycles. The summed E-state index contributed by atoms with van der Waals surface area (Å²) in [5.41, 5.74) is 0.994. The molecule has 0 bridgehead atoms. The van der Waals surface area contributed by atoms with E-state index in [1.54, 1.807) is 6.92 Å². The zero-order valence-corrected chi connectivity index (χ0v) is 5.60. The van der Waals surface area contributed by atoms with Crippen molar-refractivity contribution >= 4 is 11.8 Å². The largest absolute Gasteiger partial charge is 0.289 e. The van der Waals surface area contributed by atoms with Gasteiger partial charge in [0.2, 0.25) is 0 Å². The summed E-state index contributed by atoms with van der Waals surface area (Å²) in [6, 6.07) is 0. The maximum absolute atomic E-state index is 10.8. The minimum Gasteiger partial charge on any atom is -0.289 e. The second-order valence-corrected chi connectivity index (χ2v) is 2.16. The highest BCUT2D eigenvalue weighted by Gasteiger charge is 2.20. The van der Waals surface area contributed by atoms with Crippen molar-refractivity contribution in [2.24, 2.45) is 0 Å². The van der Waals surface area contributed by atoms with Gasteiger partial charge < -0.3 is 0 Å². The number of hydrogen-bond acceptors (Lipinski definition) is 2. The zero-order valence-electron chi connectivity index (χ0n) is 5.60. The highest BCUT2D eigenvalue weighted by atomic mass is 16.2. The van der Waals surface area contributed by atoms with E-state index in [9.17, 15) is 9.59 Å². The van der Waals surface area contributed by atoms with Gasteiger partial charge in [-0.2, -0.15) is 0 Å². The van der Waals surface area contributed by atoms with Crippen LogP contribution in [0.4, 0.5) is 0 Å². The molecule has 2 amide bonds. The summed E-state index contributed by atoms with van der Waals surface area (Å²) in [4.78, 5) is 21.3. The van der Waals surface area contributed by atoms with Crippen LogP contribution in [0.25, 0.3) is 0 Å². The summed E-state index contributed by atoms with van der Waals surface area (Å²) >= 11 is 0. The molecule has 0 aromatic heterocycles. The van der Waals surface area contributed by atoms with Gasteiger partial charge in [0.05, 0.1) is 0 Å². The van der Waals surface area contributed by atoms with Crippen LogP contribution in [-0.4, -0.2) is 11.8 Å². The molecule has 1 rings (SSSR count). The van der Waals surface area contributed by atoms with Gasteiger partial charge in [0.1, 0.15) is 0 Å². The summed E-state index contributed by atoms with van der Waals surface area (Å²) in [6.07, 6.45) is 1.25. The van der Waals surface area contributed by atoms with Gasteiger partial charge in [0, 0.05) is 13.1 Å². The second-order valence-electron chi connectivity index (χ2n) is 2.16. The molecule has 0 spiro atoms. The van der Waals surface area contributed by atoms with Crippen LogP contribution >= 0.6 is 0 Å². The van der Waals surface area contributed by atoms with Crippen LogP contribution in [-0.2, 0) is 9.59 Å². The first-order valence-corrected chi connectivity index (χ1v) is 2.84. The van der Waals surface area contributed by atoms with Crippen molar-refractivity contribution in [3.05, 3.63) is 23.8 Å². The predicted molar refractivity (Wildman–Crippen MR) is 38.2 cm³/mol. The smallest absolute Gasteiger partial charge is 0.258 e. The number of rotatable bonds is 1. The van der Waals surface area contributed by atoms with Crippen LogP contribution in [0.1, 0.15) is 8.35 Å². The zero-order chi connectivity index (χ0) is 7.72. The lowest BCUT2D eigenvalue weighted by atomic mass is 10.1. The van der Waals surface area contributed by atoms with E-state index in [1.165, 1.54) is 6.08 Å². The number of imide groups is 1.